The second-order valence-electron chi connectivity index (χ2n) is 8.06. The second-order valence-corrected chi connectivity index (χ2v) is 8.06. The monoisotopic (exact) mass is 412 g/mol. The topological polar surface area (TPSA) is 40.1 Å². The van der Waals surface area contributed by atoms with Gasteiger partial charge in [-0.15, -0.1) is 0 Å². The summed E-state index contributed by atoms with van der Waals surface area (Å²) in [7, 11) is 5.90. The summed E-state index contributed by atoms with van der Waals surface area (Å²) in [5.41, 5.74) is 2.29. The number of hydrogen-bond donors (Lipinski definition) is 1. The molecule has 6 heteroatoms. The summed E-state index contributed by atoms with van der Waals surface area (Å²) in [5.74, 6) is 1.21. The van der Waals surface area contributed by atoms with Crippen LogP contribution in [0.4, 0.5) is 4.39 Å². The van der Waals surface area contributed by atoms with E-state index in [1.807, 2.05) is 51.5 Å². The lowest BCUT2D eigenvalue weighted by molar-refractivity contribution is 0.0906. The Balaban J connectivity index is 1.48. The molecule has 0 aromatic heterocycles. The fraction of sp³-hybridized carbons (Fsp3) is 0.458. The van der Waals surface area contributed by atoms with Gasteiger partial charge in [0.25, 0.3) is 0 Å². The summed E-state index contributed by atoms with van der Waals surface area (Å²) in [4.78, 5) is 8.92. The molecule has 0 saturated carbocycles. The maximum absolute atomic E-state index is 13.3. The van der Waals surface area contributed by atoms with E-state index in [0.717, 1.165) is 37.6 Å². The number of nitrogens with zero attached hydrogens (tertiary/aromatic N) is 3. The van der Waals surface area contributed by atoms with E-state index in [2.05, 4.69) is 32.2 Å². The Morgan fingerprint density at radius 1 is 1.20 bits per heavy atom. The minimum Gasteiger partial charge on any atom is -0.376 e. The van der Waals surface area contributed by atoms with Crippen LogP contribution in [0.3, 0.4) is 0 Å². The number of guanidine groups is 1. The molecule has 5 nitrogen and oxygen atoms in total. The summed E-state index contributed by atoms with van der Waals surface area (Å²) >= 11 is 0. The van der Waals surface area contributed by atoms with Gasteiger partial charge >= 0.3 is 0 Å². The van der Waals surface area contributed by atoms with E-state index in [-0.39, 0.29) is 11.9 Å². The van der Waals surface area contributed by atoms with Crippen molar-refractivity contribution in [1.29, 1.82) is 0 Å². The molecule has 0 amide bonds. The van der Waals surface area contributed by atoms with Gasteiger partial charge in [-0.2, -0.15) is 0 Å². The molecule has 1 aliphatic rings. The van der Waals surface area contributed by atoms with Crippen molar-refractivity contribution in [2.24, 2.45) is 10.9 Å². The fourth-order valence-electron chi connectivity index (χ4n) is 3.88. The summed E-state index contributed by atoms with van der Waals surface area (Å²) < 4.78 is 19.2. The minimum absolute atomic E-state index is 0.134. The summed E-state index contributed by atoms with van der Waals surface area (Å²) in [6.07, 6.45) is 1.10. The molecule has 2 atom stereocenters. The van der Waals surface area contributed by atoms with Gasteiger partial charge in [0, 0.05) is 32.6 Å². The Morgan fingerprint density at radius 3 is 2.60 bits per heavy atom. The van der Waals surface area contributed by atoms with Crippen LogP contribution in [0.2, 0.25) is 0 Å². The van der Waals surface area contributed by atoms with Crippen molar-refractivity contribution in [1.82, 2.24) is 15.1 Å². The molecule has 30 heavy (non-hydrogen) atoms. The van der Waals surface area contributed by atoms with Crippen molar-refractivity contribution < 1.29 is 9.13 Å². The molecule has 1 aliphatic heterocycles. The minimum atomic E-state index is -0.211. The van der Waals surface area contributed by atoms with Crippen molar-refractivity contribution in [2.75, 3.05) is 47.4 Å². The lowest BCUT2D eigenvalue weighted by Gasteiger charge is -2.28. The van der Waals surface area contributed by atoms with Gasteiger partial charge in [-0.25, -0.2) is 4.39 Å². The normalized spacial score (nSPS) is 18.1. The van der Waals surface area contributed by atoms with Crippen molar-refractivity contribution in [3.05, 3.63) is 71.5 Å². The summed E-state index contributed by atoms with van der Waals surface area (Å²) in [5, 5.41) is 3.51. The van der Waals surface area contributed by atoms with E-state index in [1.165, 1.54) is 17.7 Å². The van der Waals surface area contributed by atoms with Gasteiger partial charge in [0.1, 0.15) is 5.82 Å². The predicted octanol–water partition coefficient (Wildman–Crippen LogP) is 3.54. The molecule has 0 bridgehead atoms. The molecule has 162 valence electrons. The van der Waals surface area contributed by atoms with Gasteiger partial charge < -0.3 is 19.9 Å². The zero-order valence-corrected chi connectivity index (χ0v) is 18.2. The highest BCUT2D eigenvalue weighted by molar-refractivity contribution is 5.80. The Kier molecular flexibility index (Phi) is 8.22. The number of ether oxygens (including phenoxy) is 1. The maximum atomic E-state index is 13.3. The average Bonchev–Trinajstić information content (AvgIpc) is 3.21. The molecular formula is C24H33FN4O. The summed E-state index contributed by atoms with van der Waals surface area (Å²) in [6.45, 7) is 4.04. The Morgan fingerprint density at radius 2 is 1.93 bits per heavy atom. The fourth-order valence-corrected chi connectivity index (χ4v) is 3.88. The molecule has 1 saturated heterocycles. The molecule has 2 aromatic rings. The highest BCUT2D eigenvalue weighted by Crippen LogP contribution is 2.20. The molecule has 0 aliphatic carbocycles. The lowest BCUT2D eigenvalue weighted by Crippen LogP contribution is -2.43. The van der Waals surface area contributed by atoms with E-state index in [1.54, 1.807) is 0 Å². The van der Waals surface area contributed by atoms with Crippen molar-refractivity contribution in [3.8, 4) is 0 Å². The van der Waals surface area contributed by atoms with Crippen molar-refractivity contribution >= 4 is 5.96 Å². The van der Waals surface area contributed by atoms with Crippen LogP contribution in [0.15, 0.2) is 59.6 Å². The Hall–Kier alpha value is -2.44. The first-order chi connectivity index (χ1) is 14.6. The zero-order chi connectivity index (χ0) is 21.3. The van der Waals surface area contributed by atoms with Crippen LogP contribution < -0.4 is 5.32 Å². The second kappa shape index (κ2) is 11.1. The van der Waals surface area contributed by atoms with Crippen molar-refractivity contribution in [2.45, 2.75) is 19.1 Å². The molecule has 2 unspecified atom stereocenters. The van der Waals surface area contributed by atoms with E-state index in [9.17, 15) is 4.39 Å². The van der Waals surface area contributed by atoms with E-state index < -0.39 is 0 Å². The van der Waals surface area contributed by atoms with Gasteiger partial charge in [0.05, 0.1) is 19.3 Å². The number of rotatable bonds is 8. The largest absolute Gasteiger partial charge is 0.376 e. The lowest BCUT2D eigenvalue weighted by atomic mass is 10.1. The summed E-state index contributed by atoms with van der Waals surface area (Å²) in [6, 6.07) is 17.1. The smallest absolute Gasteiger partial charge is 0.193 e. The van der Waals surface area contributed by atoms with Gasteiger partial charge in [-0.1, -0.05) is 42.5 Å². The Bertz CT molecular complexity index is 795. The van der Waals surface area contributed by atoms with Gasteiger partial charge in [0.15, 0.2) is 5.96 Å². The molecule has 3 rings (SSSR count). The quantitative estimate of drug-likeness (QED) is 0.532. The zero-order valence-electron chi connectivity index (χ0n) is 18.2. The highest BCUT2D eigenvalue weighted by Gasteiger charge is 2.25. The first-order valence-corrected chi connectivity index (χ1v) is 10.6. The van der Waals surface area contributed by atoms with Crippen LogP contribution in [0.1, 0.15) is 23.6 Å². The molecule has 1 heterocycles. The predicted molar refractivity (Wildman–Crippen MR) is 120 cm³/mol. The SMILES string of the molecule is CN=C(NCC(c1ccc(F)cc1)N(C)C)N1CCC(COCc2ccccc2)C1. The van der Waals surface area contributed by atoms with Gasteiger partial charge in [-0.05, 0) is 43.8 Å². The maximum Gasteiger partial charge on any atom is 0.193 e. The van der Waals surface area contributed by atoms with Crippen LogP contribution in [-0.2, 0) is 11.3 Å². The molecule has 0 spiro atoms. The molecular weight excluding hydrogens is 379 g/mol. The standard InChI is InChI=1S/C24H33FN4O/c1-26-24(27-15-23(28(2)3)21-9-11-22(25)12-10-21)29-14-13-20(16-29)18-30-17-19-7-5-4-6-8-19/h4-12,20,23H,13-18H2,1-3H3,(H,26,27). The number of aliphatic imine (C=N–C) groups is 1. The average molecular weight is 413 g/mol. The molecule has 1 N–H and O–H groups in total. The van der Waals surface area contributed by atoms with E-state index in [0.29, 0.717) is 19.1 Å². The first kappa shape index (κ1) is 22.2. The highest BCUT2D eigenvalue weighted by atomic mass is 19.1. The number of likely N-dealkylation sites (N-methyl/N-ethyl adjacent to an activating group) is 1. The number of nitrogens with one attached hydrogen (secondary N) is 1. The van der Waals surface area contributed by atoms with E-state index >= 15 is 0 Å². The third kappa shape index (κ3) is 6.28. The van der Waals surface area contributed by atoms with Crippen LogP contribution in [0, 0.1) is 11.7 Å². The van der Waals surface area contributed by atoms with E-state index in [4.69, 9.17) is 4.74 Å². The number of halogens is 1. The molecule has 1 fully saturated rings. The number of hydrogen-bond acceptors (Lipinski definition) is 3. The third-order valence-corrected chi connectivity index (χ3v) is 5.59. The first-order valence-electron chi connectivity index (χ1n) is 10.6. The Labute approximate surface area is 179 Å². The molecule has 2 aromatic carbocycles. The van der Waals surface area contributed by atoms with Crippen LogP contribution >= 0.6 is 0 Å². The third-order valence-electron chi connectivity index (χ3n) is 5.59. The van der Waals surface area contributed by atoms with Gasteiger partial charge in [0.2, 0.25) is 0 Å². The van der Waals surface area contributed by atoms with Crippen molar-refractivity contribution in [3.63, 3.8) is 0 Å². The van der Waals surface area contributed by atoms with Gasteiger partial charge in [-0.3, -0.25) is 4.99 Å². The molecule has 0 radical (unpaired) electrons. The number of benzene rings is 2. The van der Waals surface area contributed by atoms with Crippen LogP contribution in [0.5, 0.6) is 0 Å². The number of likely N-dealkylation sites (tertiary alicyclic amines) is 1. The van der Waals surface area contributed by atoms with Crippen LogP contribution in [-0.4, -0.2) is 63.1 Å². The van der Waals surface area contributed by atoms with Crippen LogP contribution in [0.25, 0.3) is 0 Å².